The fraction of sp³-hybridized carbons (Fsp3) is 0.500. The molecule has 146 valence electrons. The van der Waals surface area contributed by atoms with Gasteiger partial charge in [-0.15, -0.1) is 0 Å². The quantitative estimate of drug-likeness (QED) is 0.601. The minimum absolute atomic E-state index is 0.00465. The van der Waals surface area contributed by atoms with Gasteiger partial charge in [-0.25, -0.2) is 9.82 Å². The van der Waals surface area contributed by atoms with Crippen molar-refractivity contribution < 1.29 is 9.18 Å². The molecule has 2 aromatic rings. The number of aromatic nitrogens is 2. The number of H-pyrrole nitrogens is 1. The Morgan fingerprint density at radius 1 is 1.18 bits per heavy atom. The van der Waals surface area contributed by atoms with Crippen LogP contribution in [0.15, 0.2) is 35.6 Å². The Labute approximate surface area is 163 Å². The molecule has 1 amide bonds. The van der Waals surface area contributed by atoms with E-state index >= 15 is 0 Å². The van der Waals surface area contributed by atoms with Crippen LogP contribution in [0, 0.1) is 29.0 Å². The fourth-order valence-electron chi connectivity index (χ4n) is 6.30. The molecule has 6 rings (SSSR count). The van der Waals surface area contributed by atoms with Crippen molar-refractivity contribution in [2.75, 3.05) is 0 Å². The average molecular weight is 380 g/mol. The van der Waals surface area contributed by atoms with Crippen LogP contribution in [0.2, 0.25) is 0 Å². The van der Waals surface area contributed by atoms with E-state index in [1.54, 1.807) is 24.5 Å². The SMILES string of the molecule is O=C(CC12CC3CC(CC(C3)C1)C2)N/N=C\c1cn[nH]c1-c1ccc(F)cc1. The summed E-state index contributed by atoms with van der Waals surface area (Å²) < 4.78 is 13.1. The second-order valence-electron chi connectivity index (χ2n) is 9.09. The normalized spacial score (nSPS) is 30.8. The molecule has 0 radical (unpaired) electrons. The van der Waals surface area contributed by atoms with E-state index in [2.05, 4.69) is 20.7 Å². The molecule has 0 saturated heterocycles. The average Bonchev–Trinajstić information content (AvgIpc) is 3.09. The summed E-state index contributed by atoms with van der Waals surface area (Å²) >= 11 is 0. The van der Waals surface area contributed by atoms with Gasteiger partial charge in [0.1, 0.15) is 5.82 Å². The van der Waals surface area contributed by atoms with Crippen LogP contribution >= 0.6 is 0 Å². The zero-order valence-electron chi connectivity index (χ0n) is 15.8. The van der Waals surface area contributed by atoms with E-state index in [1.807, 2.05) is 0 Å². The van der Waals surface area contributed by atoms with Crippen molar-refractivity contribution in [3.8, 4) is 11.3 Å². The molecule has 0 atom stereocenters. The third-order valence-corrected chi connectivity index (χ3v) is 6.90. The zero-order valence-corrected chi connectivity index (χ0v) is 15.8. The van der Waals surface area contributed by atoms with Crippen molar-refractivity contribution in [3.63, 3.8) is 0 Å². The highest BCUT2D eigenvalue weighted by molar-refractivity contribution is 5.89. The lowest BCUT2D eigenvalue weighted by Crippen LogP contribution is -2.47. The zero-order chi connectivity index (χ0) is 19.1. The van der Waals surface area contributed by atoms with Crippen LogP contribution < -0.4 is 5.43 Å². The topological polar surface area (TPSA) is 70.1 Å². The van der Waals surface area contributed by atoms with Crippen molar-refractivity contribution >= 4 is 12.1 Å². The van der Waals surface area contributed by atoms with Gasteiger partial charge in [0, 0.05) is 17.5 Å². The number of amides is 1. The van der Waals surface area contributed by atoms with Crippen LogP contribution in [0.3, 0.4) is 0 Å². The Morgan fingerprint density at radius 3 is 2.46 bits per heavy atom. The monoisotopic (exact) mass is 380 g/mol. The molecule has 4 bridgehead atoms. The maximum Gasteiger partial charge on any atom is 0.240 e. The van der Waals surface area contributed by atoms with Gasteiger partial charge in [0.05, 0.1) is 18.1 Å². The van der Waals surface area contributed by atoms with Crippen LogP contribution in [0.4, 0.5) is 4.39 Å². The fourth-order valence-corrected chi connectivity index (χ4v) is 6.30. The first kappa shape index (κ1) is 17.6. The summed E-state index contributed by atoms with van der Waals surface area (Å²) in [6.45, 7) is 0. The van der Waals surface area contributed by atoms with E-state index in [4.69, 9.17) is 0 Å². The predicted octanol–water partition coefficient (Wildman–Crippen LogP) is 4.27. The standard InChI is InChI=1S/C22H25FN4O/c23-19-3-1-17(2-4-19)21-18(13-25-27-21)12-24-26-20(28)11-22-8-14-5-15(9-22)7-16(6-14)10-22/h1-4,12-16H,5-11H2,(H,25,27)(H,26,28)/b24-12-. The van der Waals surface area contributed by atoms with Gasteiger partial charge < -0.3 is 0 Å². The molecule has 1 heterocycles. The highest BCUT2D eigenvalue weighted by atomic mass is 19.1. The van der Waals surface area contributed by atoms with Gasteiger partial charge in [-0.1, -0.05) is 0 Å². The number of halogens is 1. The number of benzene rings is 1. The number of carbonyl (C=O) groups excluding carboxylic acids is 1. The molecule has 28 heavy (non-hydrogen) atoms. The molecule has 2 N–H and O–H groups in total. The van der Waals surface area contributed by atoms with Gasteiger partial charge in [-0.05, 0) is 86.0 Å². The van der Waals surface area contributed by atoms with E-state index in [1.165, 1.54) is 50.7 Å². The number of aromatic amines is 1. The minimum Gasteiger partial charge on any atom is -0.277 e. The van der Waals surface area contributed by atoms with Crippen molar-refractivity contribution in [1.82, 2.24) is 15.6 Å². The Morgan fingerprint density at radius 2 is 1.82 bits per heavy atom. The van der Waals surface area contributed by atoms with Gasteiger partial charge >= 0.3 is 0 Å². The largest absolute Gasteiger partial charge is 0.277 e. The van der Waals surface area contributed by atoms with Gasteiger partial charge in [0.2, 0.25) is 5.91 Å². The summed E-state index contributed by atoms with van der Waals surface area (Å²) in [5.74, 6) is 2.24. The minimum atomic E-state index is -0.282. The second-order valence-corrected chi connectivity index (χ2v) is 9.09. The number of nitrogens with zero attached hydrogens (tertiary/aromatic N) is 2. The van der Waals surface area contributed by atoms with E-state index in [0.29, 0.717) is 6.42 Å². The summed E-state index contributed by atoms with van der Waals surface area (Å²) in [4.78, 5) is 12.6. The van der Waals surface area contributed by atoms with Gasteiger partial charge in [0.25, 0.3) is 0 Å². The Kier molecular flexibility index (Phi) is 4.29. The number of hydrogen-bond donors (Lipinski definition) is 2. The van der Waals surface area contributed by atoms with Gasteiger partial charge in [0.15, 0.2) is 0 Å². The number of hydrazone groups is 1. The van der Waals surface area contributed by atoms with Crippen LogP contribution in [0.25, 0.3) is 11.3 Å². The Balaban J connectivity index is 1.22. The van der Waals surface area contributed by atoms with E-state index in [0.717, 1.165) is 34.6 Å². The lowest BCUT2D eigenvalue weighted by Gasteiger charge is -2.56. The molecule has 1 aromatic carbocycles. The predicted molar refractivity (Wildman–Crippen MR) is 105 cm³/mol. The van der Waals surface area contributed by atoms with Crippen LogP contribution in [0.5, 0.6) is 0 Å². The lowest BCUT2D eigenvalue weighted by molar-refractivity contribution is -0.129. The number of nitrogens with one attached hydrogen (secondary N) is 2. The molecule has 6 heteroatoms. The van der Waals surface area contributed by atoms with Crippen LogP contribution in [-0.4, -0.2) is 22.3 Å². The van der Waals surface area contributed by atoms with Crippen molar-refractivity contribution in [2.45, 2.75) is 44.9 Å². The summed E-state index contributed by atoms with van der Waals surface area (Å²) in [5, 5.41) is 11.1. The molecule has 0 unspecified atom stereocenters. The van der Waals surface area contributed by atoms with Crippen LogP contribution in [0.1, 0.15) is 50.5 Å². The smallest absolute Gasteiger partial charge is 0.240 e. The first-order valence-corrected chi connectivity index (χ1v) is 10.2. The maximum absolute atomic E-state index is 13.1. The Bertz CT molecular complexity index is 866. The molecular formula is C22H25FN4O. The van der Waals surface area contributed by atoms with Crippen molar-refractivity contribution in [2.24, 2.45) is 28.3 Å². The van der Waals surface area contributed by atoms with Gasteiger partial charge in [-0.2, -0.15) is 10.2 Å². The highest BCUT2D eigenvalue weighted by Gasteiger charge is 2.51. The molecule has 4 saturated carbocycles. The Hall–Kier alpha value is -2.50. The third kappa shape index (κ3) is 3.36. The number of carbonyl (C=O) groups is 1. The molecule has 0 spiro atoms. The van der Waals surface area contributed by atoms with Crippen LogP contribution in [-0.2, 0) is 4.79 Å². The summed E-state index contributed by atoms with van der Waals surface area (Å²) in [6.07, 6.45) is 11.6. The number of rotatable bonds is 5. The lowest BCUT2D eigenvalue weighted by atomic mass is 9.49. The molecular weight excluding hydrogens is 355 g/mol. The molecule has 4 fully saturated rings. The third-order valence-electron chi connectivity index (χ3n) is 6.90. The summed E-state index contributed by atoms with van der Waals surface area (Å²) in [5.41, 5.74) is 5.24. The van der Waals surface area contributed by atoms with E-state index in [9.17, 15) is 9.18 Å². The van der Waals surface area contributed by atoms with E-state index < -0.39 is 0 Å². The highest BCUT2D eigenvalue weighted by Crippen LogP contribution is 2.61. The maximum atomic E-state index is 13.1. The van der Waals surface area contributed by atoms with Gasteiger partial charge in [-0.3, -0.25) is 9.89 Å². The van der Waals surface area contributed by atoms with Crippen molar-refractivity contribution in [3.05, 3.63) is 41.8 Å². The van der Waals surface area contributed by atoms with E-state index in [-0.39, 0.29) is 17.1 Å². The first-order valence-electron chi connectivity index (χ1n) is 10.2. The molecule has 1 aromatic heterocycles. The summed E-state index contributed by atoms with van der Waals surface area (Å²) in [7, 11) is 0. The summed E-state index contributed by atoms with van der Waals surface area (Å²) in [6, 6.07) is 6.19. The second kappa shape index (κ2) is 6.83. The number of hydrogen-bond acceptors (Lipinski definition) is 3. The molecule has 5 nitrogen and oxygen atoms in total. The van der Waals surface area contributed by atoms with Crippen molar-refractivity contribution in [1.29, 1.82) is 0 Å². The molecule has 0 aliphatic heterocycles. The first-order chi connectivity index (χ1) is 13.6. The molecule has 4 aliphatic carbocycles. The molecule has 4 aliphatic rings.